The van der Waals surface area contributed by atoms with Gasteiger partial charge in [0.1, 0.15) is 24.7 Å². The highest BCUT2D eigenvalue weighted by molar-refractivity contribution is 7.22. The number of hydrogen-bond acceptors (Lipinski definition) is 6. The average Bonchev–Trinajstić information content (AvgIpc) is 3.90. The molecule has 0 saturated heterocycles. The van der Waals surface area contributed by atoms with Crippen LogP contribution in [0.25, 0.3) is 52.2 Å². The SMILES string of the molecule is Cc1cc(C2(c3ccc(OCCO)c(C)c3)c3c(-c4cc5ccccc5s4)cccc3-c3cccc(-c4cc5ccccc5s4)c32)ccc1OCCO. The Kier molecular flexibility index (Phi) is 8.64. The predicted molar refractivity (Wildman–Crippen MR) is 220 cm³/mol. The predicted octanol–water partition coefficient (Wildman–Crippen LogP) is 11.2. The summed E-state index contributed by atoms with van der Waals surface area (Å²) in [6, 6.07) is 48.6. The van der Waals surface area contributed by atoms with E-state index in [2.05, 4.69) is 147 Å². The third-order valence-electron chi connectivity index (χ3n) is 10.5. The van der Waals surface area contributed by atoms with Crippen LogP contribution in [0.5, 0.6) is 11.5 Å². The Bertz CT molecular complexity index is 2400. The molecule has 0 aliphatic heterocycles. The molecule has 0 radical (unpaired) electrons. The van der Waals surface area contributed by atoms with E-state index in [0.29, 0.717) is 0 Å². The van der Waals surface area contributed by atoms with Crippen LogP contribution in [-0.4, -0.2) is 36.6 Å². The second-order valence-electron chi connectivity index (χ2n) is 13.6. The molecule has 2 N–H and O–H groups in total. The van der Waals surface area contributed by atoms with Crippen molar-refractivity contribution in [2.75, 3.05) is 26.4 Å². The van der Waals surface area contributed by atoms with E-state index >= 15 is 0 Å². The molecule has 6 heteroatoms. The third kappa shape index (κ3) is 5.48. The van der Waals surface area contributed by atoms with E-state index < -0.39 is 5.41 Å². The summed E-state index contributed by atoms with van der Waals surface area (Å²) < 4.78 is 14.6. The first-order valence-electron chi connectivity index (χ1n) is 18.0. The molecule has 0 atom stereocenters. The van der Waals surface area contributed by atoms with Crippen LogP contribution in [0.15, 0.2) is 133 Å². The summed E-state index contributed by atoms with van der Waals surface area (Å²) >= 11 is 3.67. The fourth-order valence-corrected chi connectivity index (χ4v) is 10.5. The first kappa shape index (κ1) is 33.6. The van der Waals surface area contributed by atoms with Crippen LogP contribution in [-0.2, 0) is 5.41 Å². The minimum absolute atomic E-state index is 0.0487. The molecular formula is C47H38O4S2. The molecule has 0 bridgehead atoms. The van der Waals surface area contributed by atoms with Crippen LogP contribution >= 0.6 is 22.7 Å². The highest BCUT2D eigenvalue weighted by Crippen LogP contribution is 2.62. The van der Waals surface area contributed by atoms with Gasteiger partial charge >= 0.3 is 0 Å². The number of thiophene rings is 2. The number of aliphatic hydroxyl groups excluding tert-OH is 2. The number of hydrogen-bond donors (Lipinski definition) is 2. The smallest absolute Gasteiger partial charge is 0.122 e. The summed E-state index contributed by atoms with van der Waals surface area (Å²) in [5.74, 6) is 1.52. The quantitative estimate of drug-likeness (QED) is 0.147. The zero-order chi connectivity index (χ0) is 36.1. The van der Waals surface area contributed by atoms with Gasteiger partial charge in [0.05, 0.1) is 18.6 Å². The number of benzene rings is 6. The van der Waals surface area contributed by atoms with Crippen molar-refractivity contribution < 1.29 is 19.7 Å². The summed E-state index contributed by atoms with van der Waals surface area (Å²) in [5.41, 5.74) is 10.9. The topological polar surface area (TPSA) is 58.9 Å². The Morgan fingerprint density at radius 2 is 0.925 bits per heavy atom. The number of fused-ring (bicyclic) bond motifs is 5. The molecule has 4 nitrogen and oxygen atoms in total. The first-order valence-corrected chi connectivity index (χ1v) is 19.6. The zero-order valence-electron chi connectivity index (χ0n) is 29.6. The molecule has 0 spiro atoms. The van der Waals surface area contributed by atoms with Gasteiger partial charge in [-0.3, -0.25) is 0 Å². The van der Waals surface area contributed by atoms with Crippen LogP contribution in [0.2, 0.25) is 0 Å². The summed E-state index contributed by atoms with van der Waals surface area (Å²) in [6.07, 6.45) is 0. The van der Waals surface area contributed by atoms with Gasteiger partial charge < -0.3 is 19.7 Å². The maximum Gasteiger partial charge on any atom is 0.122 e. The number of rotatable bonds is 10. The third-order valence-corrected chi connectivity index (χ3v) is 12.8. The van der Waals surface area contributed by atoms with Crippen molar-refractivity contribution in [3.05, 3.63) is 167 Å². The van der Waals surface area contributed by atoms with Gasteiger partial charge in [-0.1, -0.05) is 97.1 Å². The Labute approximate surface area is 317 Å². The average molecular weight is 731 g/mol. The van der Waals surface area contributed by atoms with E-state index in [9.17, 15) is 10.2 Å². The molecule has 8 aromatic rings. The minimum Gasteiger partial charge on any atom is -0.491 e. The molecule has 2 aromatic heterocycles. The van der Waals surface area contributed by atoms with Crippen molar-refractivity contribution in [3.8, 4) is 43.5 Å². The van der Waals surface area contributed by atoms with Crippen molar-refractivity contribution >= 4 is 42.8 Å². The van der Waals surface area contributed by atoms with Gasteiger partial charge in [-0.05, 0) is 117 Å². The van der Waals surface area contributed by atoms with Gasteiger partial charge in [-0.15, -0.1) is 22.7 Å². The number of ether oxygens (including phenoxy) is 2. The lowest BCUT2D eigenvalue weighted by Gasteiger charge is -2.37. The van der Waals surface area contributed by atoms with Crippen LogP contribution in [0.1, 0.15) is 33.4 Å². The zero-order valence-corrected chi connectivity index (χ0v) is 31.2. The lowest BCUT2D eigenvalue weighted by molar-refractivity contribution is 0.200. The van der Waals surface area contributed by atoms with Gasteiger partial charge in [-0.2, -0.15) is 0 Å². The van der Waals surface area contributed by atoms with E-state index in [-0.39, 0.29) is 26.4 Å². The van der Waals surface area contributed by atoms with Gasteiger partial charge in [0.25, 0.3) is 0 Å². The first-order chi connectivity index (χ1) is 26.0. The maximum atomic E-state index is 9.59. The molecule has 1 aliphatic rings. The fourth-order valence-electron chi connectivity index (χ4n) is 8.27. The van der Waals surface area contributed by atoms with Crippen molar-refractivity contribution in [2.45, 2.75) is 19.3 Å². The van der Waals surface area contributed by atoms with Crippen molar-refractivity contribution in [2.24, 2.45) is 0 Å². The van der Waals surface area contributed by atoms with Crippen molar-refractivity contribution in [1.82, 2.24) is 0 Å². The molecule has 0 unspecified atom stereocenters. The summed E-state index contributed by atoms with van der Waals surface area (Å²) in [6.45, 7) is 4.55. The number of aliphatic hydroxyl groups is 2. The summed E-state index contributed by atoms with van der Waals surface area (Å²) in [4.78, 5) is 2.45. The van der Waals surface area contributed by atoms with Crippen LogP contribution < -0.4 is 9.47 Å². The minimum atomic E-state index is -0.745. The van der Waals surface area contributed by atoms with Gasteiger partial charge in [0.2, 0.25) is 0 Å². The van der Waals surface area contributed by atoms with Crippen molar-refractivity contribution in [1.29, 1.82) is 0 Å². The monoisotopic (exact) mass is 730 g/mol. The van der Waals surface area contributed by atoms with Gasteiger partial charge in [0.15, 0.2) is 0 Å². The van der Waals surface area contributed by atoms with Crippen LogP contribution in [0, 0.1) is 13.8 Å². The molecule has 0 fully saturated rings. The standard InChI is InChI=1S/C47H38O4S2/c1-29-25-33(17-19-39(29)50-23-21-48)47(34-18-20-40(30(2)26-34)51-24-22-49)45-35(11-7-13-37(45)43-27-31-9-3-5-15-41(31)52-43)36-12-8-14-38(46(36)47)44-28-32-10-4-6-16-42(32)53-44/h3-20,25-28,48-49H,21-24H2,1-2H3. The van der Waals surface area contributed by atoms with Crippen LogP contribution in [0.3, 0.4) is 0 Å². The van der Waals surface area contributed by atoms with E-state index in [1.54, 1.807) is 0 Å². The maximum absolute atomic E-state index is 9.59. The highest BCUT2D eigenvalue weighted by atomic mass is 32.1. The summed E-state index contributed by atoms with van der Waals surface area (Å²) in [5, 5.41) is 21.7. The summed E-state index contributed by atoms with van der Waals surface area (Å²) in [7, 11) is 0. The molecule has 0 amide bonds. The van der Waals surface area contributed by atoms with E-state index in [1.165, 1.54) is 63.3 Å². The molecule has 53 heavy (non-hydrogen) atoms. The molecule has 6 aromatic carbocycles. The normalized spacial score (nSPS) is 13.0. The lowest BCUT2D eigenvalue weighted by Crippen LogP contribution is -2.30. The van der Waals surface area contributed by atoms with Crippen molar-refractivity contribution in [3.63, 3.8) is 0 Å². The molecule has 262 valence electrons. The second kappa shape index (κ2) is 13.6. The lowest BCUT2D eigenvalue weighted by atomic mass is 9.65. The Hall–Kier alpha value is -5.24. The highest BCUT2D eigenvalue weighted by Gasteiger charge is 2.49. The number of aryl methyl sites for hydroxylation is 2. The van der Waals surface area contributed by atoms with Gasteiger partial charge in [0, 0.05) is 19.2 Å². The second-order valence-corrected chi connectivity index (χ2v) is 15.8. The molecule has 0 saturated carbocycles. The molecule has 1 aliphatic carbocycles. The van der Waals surface area contributed by atoms with E-state index in [1.807, 2.05) is 22.7 Å². The Balaban J connectivity index is 1.42. The molecular weight excluding hydrogens is 693 g/mol. The fraction of sp³-hybridized carbons (Fsp3) is 0.149. The molecule has 2 heterocycles. The Morgan fingerprint density at radius 1 is 0.491 bits per heavy atom. The van der Waals surface area contributed by atoms with Crippen LogP contribution in [0.4, 0.5) is 0 Å². The van der Waals surface area contributed by atoms with E-state index in [4.69, 9.17) is 9.47 Å². The van der Waals surface area contributed by atoms with E-state index in [0.717, 1.165) is 33.8 Å². The largest absolute Gasteiger partial charge is 0.491 e. The Morgan fingerprint density at radius 3 is 1.34 bits per heavy atom. The van der Waals surface area contributed by atoms with Gasteiger partial charge in [-0.25, -0.2) is 0 Å². The molecule has 9 rings (SSSR count).